The maximum Gasteiger partial charge on any atom is 0.230 e. The van der Waals surface area contributed by atoms with Crippen LogP contribution in [-0.4, -0.2) is 26.4 Å². The molecule has 1 aliphatic carbocycles. The first-order valence-electron chi connectivity index (χ1n) is 7.61. The number of thioether (sulfide) groups is 1. The molecule has 1 atom stereocenters. The van der Waals surface area contributed by atoms with E-state index in [1.807, 2.05) is 42.8 Å². The molecule has 0 bridgehead atoms. The van der Waals surface area contributed by atoms with Crippen LogP contribution in [-0.2, 0) is 11.8 Å². The van der Waals surface area contributed by atoms with Gasteiger partial charge in [-0.2, -0.15) is 0 Å². The van der Waals surface area contributed by atoms with Crippen LogP contribution in [0.3, 0.4) is 0 Å². The number of benzene rings is 1. The molecule has 0 spiro atoms. The number of hydrogen-bond donors (Lipinski definition) is 1. The Morgan fingerprint density at radius 1 is 1.39 bits per heavy atom. The largest absolute Gasteiger partial charge is 0.349 e. The highest BCUT2D eigenvalue weighted by atomic mass is 79.9. The summed E-state index contributed by atoms with van der Waals surface area (Å²) in [6.07, 6.45) is 2.39. The standard InChI is InChI=1S/C16H19BrN4OS/c1-10(11-5-7-13(17)8-6-11)18-14(22)9-23-16-20-19-15(21(16)2)12-3-4-12/h5-8,10,12H,3-4,9H2,1-2H3,(H,18,22)/t10-/m1/s1. The molecule has 1 aromatic heterocycles. The number of nitrogens with one attached hydrogen (secondary N) is 1. The molecule has 0 saturated heterocycles. The van der Waals surface area contributed by atoms with Gasteiger partial charge in [0.2, 0.25) is 5.91 Å². The maximum absolute atomic E-state index is 12.1. The summed E-state index contributed by atoms with van der Waals surface area (Å²) in [7, 11) is 1.97. The van der Waals surface area contributed by atoms with E-state index in [0.717, 1.165) is 21.0 Å². The van der Waals surface area contributed by atoms with Crippen molar-refractivity contribution in [3.05, 3.63) is 40.1 Å². The van der Waals surface area contributed by atoms with Gasteiger partial charge in [-0.3, -0.25) is 4.79 Å². The van der Waals surface area contributed by atoms with Gasteiger partial charge in [-0.15, -0.1) is 10.2 Å². The fraction of sp³-hybridized carbons (Fsp3) is 0.438. The molecule has 1 saturated carbocycles. The van der Waals surface area contributed by atoms with Gasteiger partial charge >= 0.3 is 0 Å². The van der Waals surface area contributed by atoms with Crippen molar-refractivity contribution in [3.8, 4) is 0 Å². The highest BCUT2D eigenvalue weighted by Gasteiger charge is 2.29. The van der Waals surface area contributed by atoms with E-state index in [2.05, 4.69) is 31.4 Å². The first-order valence-corrected chi connectivity index (χ1v) is 9.39. The second kappa shape index (κ2) is 7.05. The molecule has 0 radical (unpaired) electrons. The summed E-state index contributed by atoms with van der Waals surface area (Å²) < 4.78 is 3.04. The van der Waals surface area contributed by atoms with Gasteiger partial charge in [0.1, 0.15) is 5.82 Å². The number of hydrogen-bond acceptors (Lipinski definition) is 4. The highest BCUT2D eigenvalue weighted by Crippen LogP contribution is 2.39. The van der Waals surface area contributed by atoms with Crippen molar-refractivity contribution in [1.29, 1.82) is 0 Å². The van der Waals surface area contributed by atoms with Gasteiger partial charge in [-0.05, 0) is 37.5 Å². The molecule has 1 aromatic carbocycles. The SMILES string of the molecule is C[C@@H](NC(=O)CSc1nnc(C2CC2)n1C)c1ccc(Br)cc1. The quantitative estimate of drug-likeness (QED) is 0.762. The summed E-state index contributed by atoms with van der Waals surface area (Å²) in [5.74, 6) is 1.95. The molecule has 1 N–H and O–H groups in total. The van der Waals surface area contributed by atoms with Crippen LogP contribution in [0.2, 0.25) is 0 Å². The fourth-order valence-corrected chi connectivity index (χ4v) is 3.39. The van der Waals surface area contributed by atoms with E-state index in [1.54, 1.807) is 0 Å². The lowest BCUT2D eigenvalue weighted by atomic mass is 10.1. The Kier molecular flexibility index (Phi) is 5.06. The third kappa shape index (κ3) is 4.14. The van der Waals surface area contributed by atoms with E-state index in [-0.39, 0.29) is 11.9 Å². The van der Waals surface area contributed by atoms with Gasteiger partial charge in [0.15, 0.2) is 5.16 Å². The van der Waals surface area contributed by atoms with Crippen LogP contribution in [0.5, 0.6) is 0 Å². The Hall–Kier alpha value is -1.34. The van der Waals surface area contributed by atoms with Gasteiger partial charge in [0.25, 0.3) is 0 Å². The molecule has 3 rings (SSSR count). The van der Waals surface area contributed by atoms with Crippen LogP contribution in [0.1, 0.15) is 43.1 Å². The molecular formula is C16H19BrN4OS. The molecule has 2 aromatic rings. The summed E-state index contributed by atoms with van der Waals surface area (Å²) in [6.45, 7) is 1.99. The first kappa shape index (κ1) is 16.5. The molecule has 1 fully saturated rings. The van der Waals surface area contributed by atoms with Crippen molar-refractivity contribution >= 4 is 33.6 Å². The van der Waals surface area contributed by atoms with Crippen molar-refractivity contribution in [2.45, 2.75) is 36.9 Å². The van der Waals surface area contributed by atoms with Gasteiger partial charge in [-0.1, -0.05) is 39.8 Å². The zero-order valence-corrected chi connectivity index (χ0v) is 15.5. The van der Waals surface area contributed by atoms with E-state index < -0.39 is 0 Å². The van der Waals surface area contributed by atoms with Crippen LogP contribution >= 0.6 is 27.7 Å². The normalized spacial score (nSPS) is 15.4. The minimum Gasteiger partial charge on any atom is -0.349 e. The monoisotopic (exact) mass is 394 g/mol. The predicted molar refractivity (Wildman–Crippen MR) is 94.4 cm³/mol. The molecular weight excluding hydrogens is 376 g/mol. The molecule has 5 nitrogen and oxygen atoms in total. The Morgan fingerprint density at radius 2 is 2.09 bits per heavy atom. The zero-order valence-electron chi connectivity index (χ0n) is 13.1. The smallest absolute Gasteiger partial charge is 0.230 e. The summed E-state index contributed by atoms with van der Waals surface area (Å²) in [5, 5.41) is 12.2. The average Bonchev–Trinajstić information content (AvgIpc) is 3.30. The number of halogens is 1. The van der Waals surface area contributed by atoms with E-state index in [0.29, 0.717) is 11.7 Å². The minimum absolute atomic E-state index is 0.00129. The second-order valence-corrected chi connectivity index (χ2v) is 7.66. The number of nitrogens with zero attached hydrogens (tertiary/aromatic N) is 3. The number of amides is 1. The van der Waals surface area contributed by atoms with Gasteiger partial charge < -0.3 is 9.88 Å². The summed E-state index contributed by atoms with van der Waals surface area (Å²) in [6, 6.07) is 7.95. The van der Waals surface area contributed by atoms with Crippen LogP contribution < -0.4 is 5.32 Å². The molecule has 7 heteroatoms. The van der Waals surface area contributed by atoms with E-state index in [4.69, 9.17) is 0 Å². The van der Waals surface area contributed by atoms with E-state index in [1.165, 1.54) is 24.6 Å². The van der Waals surface area contributed by atoms with Crippen molar-refractivity contribution in [2.75, 3.05) is 5.75 Å². The number of aromatic nitrogens is 3. The number of carbonyl (C=O) groups excluding carboxylic acids is 1. The lowest BCUT2D eigenvalue weighted by Gasteiger charge is -2.14. The van der Waals surface area contributed by atoms with Crippen molar-refractivity contribution in [3.63, 3.8) is 0 Å². The van der Waals surface area contributed by atoms with Crippen molar-refractivity contribution in [1.82, 2.24) is 20.1 Å². The molecule has 122 valence electrons. The summed E-state index contributed by atoms with van der Waals surface area (Å²) in [4.78, 5) is 12.1. The van der Waals surface area contributed by atoms with Gasteiger partial charge in [-0.25, -0.2) is 0 Å². The fourth-order valence-electron chi connectivity index (χ4n) is 2.40. The zero-order chi connectivity index (χ0) is 16.4. The van der Waals surface area contributed by atoms with E-state index >= 15 is 0 Å². The third-order valence-electron chi connectivity index (χ3n) is 3.89. The first-order chi connectivity index (χ1) is 11.0. The van der Waals surface area contributed by atoms with Gasteiger partial charge in [0, 0.05) is 17.4 Å². The average molecular weight is 395 g/mol. The second-order valence-electron chi connectivity index (χ2n) is 5.80. The lowest BCUT2D eigenvalue weighted by molar-refractivity contribution is -0.119. The Balaban J connectivity index is 1.52. The van der Waals surface area contributed by atoms with Crippen LogP contribution in [0.25, 0.3) is 0 Å². The third-order valence-corrected chi connectivity index (χ3v) is 5.44. The summed E-state index contributed by atoms with van der Waals surface area (Å²) >= 11 is 4.84. The van der Waals surface area contributed by atoms with Crippen LogP contribution in [0.4, 0.5) is 0 Å². The molecule has 1 amide bonds. The molecule has 23 heavy (non-hydrogen) atoms. The lowest BCUT2D eigenvalue weighted by Crippen LogP contribution is -2.28. The maximum atomic E-state index is 12.1. The minimum atomic E-state index is -0.0160. The number of carbonyl (C=O) groups is 1. The van der Waals surface area contributed by atoms with Crippen LogP contribution in [0.15, 0.2) is 33.9 Å². The molecule has 0 unspecified atom stereocenters. The predicted octanol–water partition coefficient (Wildman–Crippen LogP) is 3.42. The van der Waals surface area contributed by atoms with Crippen LogP contribution in [0, 0.1) is 0 Å². The Bertz CT molecular complexity index is 697. The molecule has 0 aliphatic heterocycles. The van der Waals surface area contributed by atoms with Crippen molar-refractivity contribution in [2.24, 2.45) is 7.05 Å². The summed E-state index contributed by atoms with van der Waals surface area (Å²) in [5.41, 5.74) is 1.08. The molecule has 1 aliphatic rings. The number of rotatable bonds is 6. The van der Waals surface area contributed by atoms with Gasteiger partial charge in [0.05, 0.1) is 11.8 Å². The topological polar surface area (TPSA) is 59.8 Å². The Labute approximate surface area is 148 Å². The molecule has 1 heterocycles. The van der Waals surface area contributed by atoms with E-state index in [9.17, 15) is 4.79 Å². The highest BCUT2D eigenvalue weighted by molar-refractivity contribution is 9.10. The van der Waals surface area contributed by atoms with Crippen molar-refractivity contribution < 1.29 is 4.79 Å². The Morgan fingerprint density at radius 3 is 2.74 bits per heavy atom.